The van der Waals surface area contributed by atoms with Crippen LogP contribution >= 0.6 is 11.6 Å². The Morgan fingerprint density at radius 3 is 2.81 bits per heavy atom. The Morgan fingerprint density at radius 2 is 2.25 bits per heavy atom. The number of methoxy groups -OCH3 is 1. The normalized spacial score (nSPS) is 12.2. The molecule has 0 spiro atoms. The van der Waals surface area contributed by atoms with E-state index in [1.165, 1.54) is 7.11 Å². The lowest BCUT2D eigenvalue weighted by atomic mass is 10.2. The van der Waals surface area contributed by atoms with Crippen molar-refractivity contribution in [3.05, 3.63) is 34.9 Å². The zero-order valence-electron chi connectivity index (χ0n) is 9.74. The van der Waals surface area contributed by atoms with Gasteiger partial charge in [-0.05, 0) is 24.6 Å². The Labute approximate surface area is 101 Å². The van der Waals surface area contributed by atoms with Gasteiger partial charge in [0.25, 0.3) is 5.91 Å². The van der Waals surface area contributed by atoms with Gasteiger partial charge in [0.2, 0.25) is 0 Å². The summed E-state index contributed by atoms with van der Waals surface area (Å²) in [5.41, 5.74) is 1.01. The quantitative estimate of drug-likeness (QED) is 0.810. The van der Waals surface area contributed by atoms with Crippen molar-refractivity contribution in [1.82, 2.24) is 4.90 Å². The third-order valence-electron chi connectivity index (χ3n) is 2.39. The summed E-state index contributed by atoms with van der Waals surface area (Å²) in [6, 6.07) is 7.47. The fourth-order valence-electron chi connectivity index (χ4n) is 1.40. The van der Waals surface area contributed by atoms with Gasteiger partial charge in [-0.1, -0.05) is 23.7 Å². The number of hydrogen-bond donors (Lipinski definition) is 0. The number of likely N-dealkylation sites (N-methyl/N-ethyl adjacent to an activating group) is 1. The van der Waals surface area contributed by atoms with Gasteiger partial charge in [-0.25, -0.2) is 0 Å². The summed E-state index contributed by atoms with van der Waals surface area (Å²) in [6.07, 6.45) is -0.413. The molecule has 1 rings (SSSR count). The first-order valence-corrected chi connectivity index (χ1v) is 5.44. The number of amides is 1. The smallest absolute Gasteiger partial charge is 0.251 e. The first kappa shape index (κ1) is 13.0. The van der Waals surface area contributed by atoms with Crippen molar-refractivity contribution < 1.29 is 9.53 Å². The highest BCUT2D eigenvalue weighted by Gasteiger charge is 2.16. The molecule has 1 amide bonds. The molecule has 1 atom stereocenters. The molecule has 0 aromatic heterocycles. The molecule has 0 heterocycles. The number of nitrogens with zero attached hydrogens (tertiary/aromatic N) is 1. The minimum atomic E-state index is -0.413. The van der Waals surface area contributed by atoms with Gasteiger partial charge in [0, 0.05) is 25.7 Å². The van der Waals surface area contributed by atoms with Crippen molar-refractivity contribution in [1.29, 1.82) is 0 Å². The minimum Gasteiger partial charge on any atom is -0.372 e. The van der Waals surface area contributed by atoms with Crippen LogP contribution in [-0.4, -0.2) is 31.1 Å². The van der Waals surface area contributed by atoms with Crippen molar-refractivity contribution >= 4 is 17.5 Å². The van der Waals surface area contributed by atoms with E-state index in [1.54, 1.807) is 18.9 Å². The lowest BCUT2D eigenvalue weighted by Gasteiger charge is -2.20. The zero-order valence-corrected chi connectivity index (χ0v) is 10.5. The van der Waals surface area contributed by atoms with Crippen LogP contribution in [0, 0.1) is 0 Å². The second kappa shape index (κ2) is 5.87. The van der Waals surface area contributed by atoms with Gasteiger partial charge < -0.3 is 9.64 Å². The number of benzene rings is 1. The summed E-state index contributed by atoms with van der Waals surface area (Å²) in [5, 5.41) is 0.679. The zero-order chi connectivity index (χ0) is 12.1. The van der Waals surface area contributed by atoms with Gasteiger partial charge in [0.15, 0.2) is 0 Å². The monoisotopic (exact) mass is 241 g/mol. The highest BCUT2D eigenvalue weighted by molar-refractivity contribution is 6.30. The molecule has 0 saturated carbocycles. The van der Waals surface area contributed by atoms with E-state index in [2.05, 4.69) is 0 Å². The molecule has 0 aliphatic carbocycles. The fraction of sp³-hybridized carbons (Fsp3) is 0.417. The number of carbonyl (C=O) groups excluding carboxylic acids is 1. The van der Waals surface area contributed by atoms with Crippen LogP contribution in [0.3, 0.4) is 0 Å². The average Bonchev–Trinajstić information content (AvgIpc) is 2.27. The predicted octanol–water partition coefficient (Wildman–Crippen LogP) is 2.33. The average molecular weight is 242 g/mol. The third-order valence-corrected chi connectivity index (χ3v) is 2.62. The largest absolute Gasteiger partial charge is 0.372 e. The van der Waals surface area contributed by atoms with Crippen molar-refractivity contribution in [3.8, 4) is 0 Å². The molecule has 0 aliphatic rings. The minimum absolute atomic E-state index is 0.0394. The van der Waals surface area contributed by atoms with Crippen LogP contribution in [0.1, 0.15) is 12.5 Å². The van der Waals surface area contributed by atoms with E-state index in [9.17, 15) is 4.79 Å². The Balaban J connectivity index is 2.64. The van der Waals surface area contributed by atoms with Gasteiger partial charge in [0.05, 0.1) is 0 Å². The van der Waals surface area contributed by atoms with Gasteiger partial charge in [-0.3, -0.25) is 4.79 Å². The van der Waals surface area contributed by atoms with Crippen molar-refractivity contribution in [2.24, 2.45) is 0 Å². The summed E-state index contributed by atoms with van der Waals surface area (Å²) in [6.45, 7) is 2.27. The second-order valence-electron chi connectivity index (χ2n) is 3.70. The molecule has 3 nitrogen and oxygen atoms in total. The molecule has 0 saturated heterocycles. The van der Waals surface area contributed by atoms with Crippen molar-refractivity contribution in [3.63, 3.8) is 0 Å². The standard InChI is InChI=1S/C12H16ClNO2/c1-9(16-3)12(15)14(2)8-10-5-4-6-11(13)7-10/h4-7,9H,8H2,1-3H3. The van der Waals surface area contributed by atoms with Gasteiger partial charge in [-0.15, -0.1) is 0 Å². The van der Waals surface area contributed by atoms with E-state index in [1.807, 2.05) is 24.3 Å². The molecule has 0 N–H and O–H groups in total. The van der Waals surface area contributed by atoms with Crippen molar-refractivity contribution in [2.75, 3.05) is 14.2 Å². The number of halogens is 1. The summed E-state index contributed by atoms with van der Waals surface area (Å²) in [5.74, 6) is -0.0394. The second-order valence-corrected chi connectivity index (χ2v) is 4.14. The van der Waals surface area contributed by atoms with E-state index >= 15 is 0 Å². The molecular formula is C12H16ClNO2. The van der Waals surface area contributed by atoms with Gasteiger partial charge in [-0.2, -0.15) is 0 Å². The van der Waals surface area contributed by atoms with Crippen LogP contribution in [0.15, 0.2) is 24.3 Å². The number of hydrogen-bond acceptors (Lipinski definition) is 2. The van der Waals surface area contributed by atoms with Gasteiger partial charge >= 0.3 is 0 Å². The lowest BCUT2D eigenvalue weighted by molar-refractivity contribution is -0.140. The molecule has 0 aliphatic heterocycles. The van der Waals surface area contributed by atoms with Crippen LogP contribution in [0.4, 0.5) is 0 Å². The molecule has 1 aromatic rings. The number of rotatable bonds is 4. The summed E-state index contributed by atoms with van der Waals surface area (Å²) in [4.78, 5) is 13.4. The maximum Gasteiger partial charge on any atom is 0.251 e. The molecule has 1 unspecified atom stereocenters. The first-order valence-electron chi connectivity index (χ1n) is 5.07. The lowest BCUT2D eigenvalue weighted by Crippen LogP contribution is -2.35. The maximum atomic E-state index is 11.7. The number of ether oxygens (including phenoxy) is 1. The first-order chi connectivity index (χ1) is 7.54. The summed E-state index contributed by atoms with van der Waals surface area (Å²) < 4.78 is 4.98. The molecule has 88 valence electrons. The fourth-order valence-corrected chi connectivity index (χ4v) is 1.61. The molecule has 0 bridgehead atoms. The summed E-state index contributed by atoms with van der Waals surface area (Å²) >= 11 is 5.87. The Hall–Kier alpha value is -1.06. The molecule has 0 fully saturated rings. The van der Waals surface area contributed by atoms with E-state index in [-0.39, 0.29) is 5.91 Å². The summed E-state index contributed by atoms with van der Waals surface area (Å²) in [7, 11) is 3.27. The highest BCUT2D eigenvalue weighted by Crippen LogP contribution is 2.12. The topological polar surface area (TPSA) is 29.5 Å². The Bertz CT molecular complexity index is 368. The van der Waals surface area contributed by atoms with Crippen LogP contribution < -0.4 is 0 Å². The molecule has 0 radical (unpaired) electrons. The van der Waals surface area contributed by atoms with E-state index in [0.717, 1.165) is 5.56 Å². The van der Waals surface area contributed by atoms with Gasteiger partial charge in [0.1, 0.15) is 6.10 Å². The third kappa shape index (κ3) is 3.51. The van der Waals surface area contributed by atoms with Crippen molar-refractivity contribution in [2.45, 2.75) is 19.6 Å². The van der Waals surface area contributed by atoms with Crippen LogP contribution in [0.25, 0.3) is 0 Å². The molecule has 1 aromatic carbocycles. The maximum absolute atomic E-state index is 11.7. The van der Waals surface area contributed by atoms with Crippen LogP contribution in [-0.2, 0) is 16.1 Å². The predicted molar refractivity (Wildman–Crippen MR) is 64.4 cm³/mol. The molecule has 16 heavy (non-hydrogen) atoms. The van der Waals surface area contributed by atoms with E-state index < -0.39 is 6.10 Å². The SMILES string of the molecule is COC(C)C(=O)N(C)Cc1cccc(Cl)c1. The van der Waals surface area contributed by atoms with Crippen LogP contribution in [0.2, 0.25) is 5.02 Å². The number of carbonyl (C=O) groups is 1. The van der Waals surface area contributed by atoms with Crippen LogP contribution in [0.5, 0.6) is 0 Å². The highest BCUT2D eigenvalue weighted by atomic mass is 35.5. The molecule has 4 heteroatoms. The van der Waals surface area contributed by atoms with E-state index in [4.69, 9.17) is 16.3 Å². The van der Waals surface area contributed by atoms with E-state index in [0.29, 0.717) is 11.6 Å². The Kier molecular flexibility index (Phi) is 4.77. The molecular weight excluding hydrogens is 226 g/mol. The Morgan fingerprint density at radius 1 is 1.56 bits per heavy atom.